The molecule has 1 heterocycles. The van der Waals surface area contributed by atoms with Crippen LogP contribution in [-0.4, -0.2) is 52.5 Å². The van der Waals surface area contributed by atoms with Gasteiger partial charge in [0.15, 0.2) is 0 Å². The summed E-state index contributed by atoms with van der Waals surface area (Å²) in [5.41, 5.74) is 5.89. The normalized spacial score (nSPS) is 14.1. The fourth-order valence-electron chi connectivity index (χ4n) is 2.39. The summed E-state index contributed by atoms with van der Waals surface area (Å²) in [4.78, 5) is 37.0. The van der Waals surface area contributed by atoms with Crippen LogP contribution in [0, 0.1) is 0 Å². The third-order valence-electron chi connectivity index (χ3n) is 3.59. The SMILES string of the molecule is COC(=O)C1=C(C(=O)OC)N(c2ccc(C(N)=O)cc2OC)COC1. The maximum Gasteiger partial charge on any atom is 0.355 e. The number of methoxy groups -OCH3 is 3. The smallest absolute Gasteiger partial charge is 0.355 e. The second kappa shape index (κ2) is 7.67. The molecule has 1 aliphatic rings. The quantitative estimate of drug-likeness (QED) is 0.748. The number of esters is 2. The van der Waals surface area contributed by atoms with E-state index in [0.717, 1.165) is 0 Å². The van der Waals surface area contributed by atoms with Crippen molar-refractivity contribution in [2.75, 3.05) is 39.6 Å². The van der Waals surface area contributed by atoms with E-state index in [9.17, 15) is 14.4 Å². The number of hydrogen-bond donors (Lipinski definition) is 1. The van der Waals surface area contributed by atoms with Crippen molar-refractivity contribution in [3.8, 4) is 5.75 Å². The van der Waals surface area contributed by atoms with E-state index < -0.39 is 17.8 Å². The number of carbonyl (C=O) groups is 3. The molecule has 1 aromatic rings. The summed E-state index contributed by atoms with van der Waals surface area (Å²) in [5, 5.41) is 0. The molecule has 9 nitrogen and oxygen atoms in total. The lowest BCUT2D eigenvalue weighted by atomic mass is 10.1. The molecule has 0 bridgehead atoms. The van der Waals surface area contributed by atoms with E-state index in [0.29, 0.717) is 5.69 Å². The van der Waals surface area contributed by atoms with Gasteiger partial charge in [-0.1, -0.05) is 0 Å². The molecule has 9 heteroatoms. The van der Waals surface area contributed by atoms with Crippen molar-refractivity contribution in [1.29, 1.82) is 0 Å². The lowest BCUT2D eigenvalue weighted by molar-refractivity contribution is -0.140. The third-order valence-corrected chi connectivity index (χ3v) is 3.59. The molecule has 1 amide bonds. The van der Waals surface area contributed by atoms with Crippen molar-refractivity contribution in [2.45, 2.75) is 0 Å². The van der Waals surface area contributed by atoms with Crippen LogP contribution in [0.3, 0.4) is 0 Å². The molecule has 0 aromatic heterocycles. The minimum atomic E-state index is -0.732. The van der Waals surface area contributed by atoms with E-state index in [2.05, 4.69) is 0 Å². The zero-order chi connectivity index (χ0) is 18.6. The molecule has 0 radical (unpaired) electrons. The van der Waals surface area contributed by atoms with Crippen molar-refractivity contribution in [1.82, 2.24) is 0 Å². The molecule has 1 aliphatic heterocycles. The standard InChI is InChI=1S/C16H18N2O7/c1-22-12-6-9(14(17)19)4-5-11(12)18-8-25-7-10(15(20)23-2)13(18)16(21)24-3/h4-6H,7-8H2,1-3H3,(H2,17,19). The van der Waals surface area contributed by atoms with Gasteiger partial charge in [-0.05, 0) is 18.2 Å². The first kappa shape index (κ1) is 18.3. The predicted octanol–water partition coefficient (Wildman–Crippen LogP) is 0.188. The van der Waals surface area contributed by atoms with Gasteiger partial charge in [0, 0.05) is 5.56 Å². The molecule has 2 N–H and O–H groups in total. The Labute approximate surface area is 143 Å². The zero-order valence-corrected chi connectivity index (χ0v) is 14.0. The average molecular weight is 350 g/mol. The van der Waals surface area contributed by atoms with Crippen LogP contribution < -0.4 is 15.4 Å². The molecule has 0 atom stereocenters. The number of carbonyl (C=O) groups excluding carboxylic acids is 3. The number of ether oxygens (including phenoxy) is 4. The Morgan fingerprint density at radius 3 is 2.36 bits per heavy atom. The maximum atomic E-state index is 12.3. The molecular formula is C16H18N2O7. The molecule has 0 aliphatic carbocycles. The first-order valence-electron chi connectivity index (χ1n) is 7.17. The highest BCUT2D eigenvalue weighted by atomic mass is 16.5. The number of nitrogens with zero attached hydrogens (tertiary/aromatic N) is 1. The van der Waals surface area contributed by atoms with E-state index in [4.69, 9.17) is 24.7 Å². The number of primary amides is 1. The van der Waals surface area contributed by atoms with E-state index >= 15 is 0 Å². The highest BCUT2D eigenvalue weighted by Gasteiger charge is 2.33. The first-order valence-corrected chi connectivity index (χ1v) is 7.17. The van der Waals surface area contributed by atoms with E-state index in [-0.39, 0.29) is 35.9 Å². The Morgan fingerprint density at radius 2 is 1.80 bits per heavy atom. The van der Waals surface area contributed by atoms with Gasteiger partial charge in [-0.2, -0.15) is 0 Å². The lowest BCUT2D eigenvalue weighted by Crippen LogP contribution is -2.39. The number of anilines is 1. The molecule has 0 fully saturated rings. The molecule has 1 aromatic carbocycles. The van der Waals surface area contributed by atoms with E-state index in [1.807, 2.05) is 0 Å². The number of rotatable bonds is 5. The van der Waals surface area contributed by atoms with Crippen LogP contribution in [-0.2, 0) is 23.8 Å². The van der Waals surface area contributed by atoms with Gasteiger partial charge in [0.25, 0.3) is 0 Å². The fraction of sp³-hybridized carbons (Fsp3) is 0.312. The van der Waals surface area contributed by atoms with Gasteiger partial charge in [0.1, 0.15) is 18.2 Å². The van der Waals surface area contributed by atoms with E-state index in [1.165, 1.54) is 44.4 Å². The summed E-state index contributed by atoms with van der Waals surface area (Å²) in [6, 6.07) is 4.44. The molecule has 0 unspecified atom stereocenters. The van der Waals surface area contributed by atoms with Crippen LogP contribution >= 0.6 is 0 Å². The molecule has 0 spiro atoms. The van der Waals surface area contributed by atoms with Gasteiger partial charge >= 0.3 is 11.9 Å². The van der Waals surface area contributed by atoms with Crippen molar-refractivity contribution in [3.63, 3.8) is 0 Å². The Hall–Kier alpha value is -3.07. The molecular weight excluding hydrogens is 332 g/mol. The fourth-order valence-corrected chi connectivity index (χ4v) is 2.39. The summed E-state index contributed by atoms with van der Waals surface area (Å²) in [5.74, 6) is -1.80. The first-order chi connectivity index (χ1) is 11.9. The largest absolute Gasteiger partial charge is 0.495 e. The zero-order valence-electron chi connectivity index (χ0n) is 14.0. The van der Waals surface area contributed by atoms with Gasteiger partial charge in [-0.25, -0.2) is 9.59 Å². The van der Waals surface area contributed by atoms with E-state index in [1.54, 1.807) is 0 Å². The summed E-state index contributed by atoms with van der Waals surface area (Å²) in [6.45, 7) is -0.132. The molecule has 0 saturated heterocycles. The monoisotopic (exact) mass is 350 g/mol. The van der Waals surface area contributed by atoms with Crippen molar-refractivity contribution >= 4 is 23.5 Å². The Bertz CT molecular complexity index is 742. The van der Waals surface area contributed by atoms with Crippen molar-refractivity contribution in [3.05, 3.63) is 35.0 Å². The summed E-state index contributed by atoms with van der Waals surface area (Å²) >= 11 is 0. The highest BCUT2D eigenvalue weighted by Crippen LogP contribution is 2.34. The number of hydrogen-bond acceptors (Lipinski definition) is 8. The van der Waals surface area contributed by atoms with Gasteiger partial charge in [-0.15, -0.1) is 0 Å². The van der Waals surface area contributed by atoms with Gasteiger partial charge in [0.2, 0.25) is 5.91 Å². The number of nitrogens with two attached hydrogens (primary N) is 1. The van der Waals surface area contributed by atoms with Gasteiger partial charge < -0.3 is 29.6 Å². The Kier molecular flexibility index (Phi) is 5.60. The molecule has 25 heavy (non-hydrogen) atoms. The van der Waals surface area contributed by atoms with Crippen LogP contribution in [0.1, 0.15) is 10.4 Å². The van der Waals surface area contributed by atoms with Crippen LogP contribution in [0.5, 0.6) is 5.75 Å². The second-order valence-corrected chi connectivity index (χ2v) is 4.97. The van der Waals surface area contributed by atoms with Crippen LogP contribution in [0.15, 0.2) is 29.5 Å². The van der Waals surface area contributed by atoms with Gasteiger partial charge in [0.05, 0.1) is 39.2 Å². The molecule has 2 rings (SSSR count). The summed E-state index contributed by atoms with van der Waals surface area (Å²) in [6.07, 6.45) is 0. The van der Waals surface area contributed by atoms with Crippen molar-refractivity contribution < 1.29 is 33.3 Å². The molecule has 134 valence electrons. The minimum Gasteiger partial charge on any atom is -0.495 e. The topological polar surface area (TPSA) is 117 Å². The van der Waals surface area contributed by atoms with Crippen LogP contribution in [0.4, 0.5) is 5.69 Å². The molecule has 0 saturated carbocycles. The highest BCUT2D eigenvalue weighted by molar-refractivity contribution is 6.04. The number of benzene rings is 1. The lowest BCUT2D eigenvalue weighted by Gasteiger charge is -2.32. The van der Waals surface area contributed by atoms with Crippen molar-refractivity contribution in [2.24, 2.45) is 5.73 Å². The minimum absolute atomic E-state index is 0.0154. The van der Waals surface area contributed by atoms with Gasteiger partial charge in [-0.3, -0.25) is 4.79 Å². The third kappa shape index (κ3) is 3.56. The number of amides is 1. The second-order valence-electron chi connectivity index (χ2n) is 4.97. The van der Waals surface area contributed by atoms with Crippen LogP contribution in [0.25, 0.3) is 0 Å². The average Bonchev–Trinajstić information content (AvgIpc) is 2.65. The summed E-state index contributed by atoms with van der Waals surface area (Å²) in [7, 11) is 3.80. The predicted molar refractivity (Wildman–Crippen MR) is 85.9 cm³/mol. The summed E-state index contributed by atoms with van der Waals surface area (Å²) < 4.78 is 20.2. The van der Waals surface area contributed by atoms with Crippen LogP contribution in [0.2, 0.25) is 0 Å². The maximum absolute atomic E-state index is 12.3. The Balaban J connectivity index is 2.61. The Morgan fingerprint density at radius 1 is 1.12 bits per heavy atom.